The molecule has 31 heavy (non-hydrogen) atoms. The van der Waals surface area contributed by atoms with Crippen LogP contribution >= 0.6 is 0 Å². The van der Waals surface area contributed by atoms with Crippen LogP contribution in [-0.2, 0) is 22.2 Å². The number of para-hydroxylation sites is 1. The van der Waals surface area contributed by atoms with Crippen molar-refractivity contribution < 1.29 is 22.8 Å². The first-order valence-corrected chi connectivity index (χ1v) is 9.50. The van der Waals surface area contributed by atoms with Gasteiger partial charge < -0.3 is 15.6 Å². The van der Waals surface area contributed by atoms with Crippen molar-refractivity contribution in [1.82, 2.24) is 15.6 Å². The van der Waals surface area contributed by atoms with Gasteiger partial charge in [0.15, 0.2) is 0 Å². The number of alkyl halides is 3. The van der Waals surface area contributed by atoms with E-state index in [0.717, 1.165) is 28.6 Å². The van der Waals surface area contributed by atoms with Crippen molar-refractivity contribution >= 4 is 22.7 Å². The molecule has 8 heteroatoms. The van der Waals surface area contributed by atoms with Crippen molar-refractivity contribution in [2.45, 2.75) is 25.6 Å². The number of amides is 2. The van der Waals surface area contributed by atoms with Gasteiger partial charge in [0.25, 0.3) is 0 Å². The van der Waals surface area contributed by atoms with E-state index in [2.05, 4.69) is 27.5 Å². The summed E-state index contributed by atoms with van der Waals surface area (Å²) in [7, 11) is 0. The van der Waals surface area contributed by atoms with E-state index >= 15 is 0 Å². The summed E-state index contributed by atoms with van der Waals surface area (Å²) in [6.07, 6.45) is -2.38. The zero-order valence-corrected chi connectivity index (χ0v) is 16.6. The average Bonchev–Trinajstić information content (AvgIpc) is 3.13. The third-order valence-electron chi connectivity index (χ3n) is 4.57. The SMILES string of the molecule is CC(=O)NC(Cc1c[nH]c2ccccc12)C(=O)NCC#Cc1cccc(C(F)(F)F)c1. The first-order valence-electron chi connectivity index (χ1n) is 9.50. The molecule has 3 aromatic rings. The molecule has 1 aromatic heterocycles. The molecular weight excluding hydrogens is 407 g/mol. The number of aromatic nitrogens is 1. The van der Waals surface area contributed by atoms with Crippen LogP contribution in [0.2, 0.25) is 0 Å². The lowest BCUT2D eigenvalue weighted by Crippen LogP contribution is -2.47. The molecule has 0 aliphatic carbocycles. The molecule has 3 rings (SSSR count). The zero-order valence-electron chi connectivity index (χ0n) is 16.6. The van der Waals surface area contributed by atoms with Gasteiger partial charge in [-0.05, 0) is 29.8 Å². The summed E-state index contributed by atoms with van der Waals surface area (Å²) in [6, 6.07) is 11.5. The smallest absolute Gasteiger partial charge is 0.361 e. The highest BCUT2D eigenvalue weighted by Gasteiger charge is 2.30. The molecule has 0 spiro atoms. The monoisotopic (exact) mass is 427 g/mol. The third-order valence-corrected chi connectivity index (χ3v) is 4.57. The number of hydrogen-bond donors (Lipinski definition) is 3. The molecule has 1 atom stereocenters. The standard InChI is InChI=1S/C23H20F3N3O2/c1-15(30)29-21(13-17-14-28-20-10-3-2-9-19(17)20)22(31)27-11-5-7-16-6-4-8-18(12-16)23(24,25)26/h2-4,6,8-10,12,14,21,28H,11,13H2,1H3,(H,27,31)(H,29,30). The topological polar surface area (TPSA) is 74.0 Å². The number of nitrogens with one attached hydrogen (secondary N) is 3. The van der Waals surface area contributed by atoms with Crippen molar-refractivity contribution in [3.05, 3.63) is 71.4 Å². The molecule has 0 aliphatic rings. The Morgan fingerprint density at radius 3 is 2.65 bits per heavy atom. The molecule has 0 fully saturated rings. The van der Waals surface area contributed by atoms with Crippen LogP contribution in [-0.4, -0.2) is 29.4 Å². The lowest BCUT2D eigenvalue weighted by molar-refractivity contribution is -0.137. The molecule has 0 saturated heterocycles. The Balaban J connectivity index is 1.66. The predicted octanol–water partition coefficient (Wildman–Crippen LogP) is 3.40. The Morgan fingerprint density at radius 2 is 1.90 bits per heavy atom. The van der Waals surface area contributed by atoms with E-state index < -0.39 is 23.7 Å². The summed E-state index contributed by atoms with van der Waals surface area (Å²) >= 11 is 0. The molecule has 2 aromatic carbocycles. The lowest BCUT2D eigenvalue weighted by Gasteiger charge is -2.16. The fourth-order valence-corrected chi connectivity index (χ4v) is 3.15. The van der Waals surface area contributed by atoms with E-state index in [1.165, 1.54) is 19.1 Å². The Hall–Kier alpha value is -3.73. The zero-order chi connectivity index (χ0) is 22.4. The number of carbonyl (C=O) groups is 2. The highest BCUT2D eigenvalue weighted by Crippen LogP contribution is 2.29. The minimum atomic E-state index is -4.44. The Bertz CT molecular complexity index is 1160. The van der Waals surface area contributed by atoms with Gasteiger partial charge in [-0.2, -0.15) is 13.2 Å². The Kier molecular flexibility index (Phi) is 6.65. The molecule has 5 nitrogen and oxygen atoms in total. The summed E-state index contributed by atoms with van der Waals surface area (Å²) in [5.41, 5.74) is 1.21. The van der Waals surface area contributed by atoms with Crippen LogP contribution in [0.5, 0.6) is 0 Å². The summed E-state index contributed by atoms with van der Waals surface area (Å²) in [6.45, 7) is 1.25. The second-order valence-corrected chi connectivity index (χ2v) is 6.91. The van der Waals surface area contributed by atoms with Crippen LogP contribution in [0.4, 0.5) is 13.2 Å². The number of benzene rings is 2. The first kappa shape index (κ1) is 22.0. The van der Waals surface area contributed by atoms with Crippen LogP contribution in [0, 0.1) is 11.8 Å². The van der Waals surface area contributed by atoms with Crippen LogP contribution in [0.3, 0.4) is 0 Å². The molecule has 2 amide bonds. The highest BCUT2D eigenvalue weighted by molar-refractivity contribution is 5.89. The van der Waals surface area contributed by atoms with Crippen molar-refractivity contribution in [1.29, 1.82) is 0 Å². The van der Waals surface area contributed by atoms with Gasteiger partial charge in [-0.15, -0.1) is 0 Å². The van der Waals surface area contributed by atoms with Gasteiger partial charge in [0.2, 0.25) is 11.8 Å². The summed E-state index contributed by atoms with van der Waals surface area (Å²) in [4.78, 5) is 27.3. The van der Waals surface area contributed by atoms with E-state index in [1.54, 1.807) is 6.20 Å². The molecule has 0 bridgehead atoms. The maximum absolute atomic E-state index is 12.8. The van der Waals surface area contributed by atoms with Crippen LogP contribution < -0.4 is 10.6 Å². The first-order chi connectivity index (χ1) is 14.7. The largest absolute Gasteiger partial charge is 0.416 e. The molecule has 1 heterocycles. The van der Waals surface area contributed by atoms with Gasteiger partial charge in [0, 0.05) is 36.0 Å². The number of fused-ring (bicyclic) bond motifs is 1. The third kappa shape index (κ3) is 5.89. The van der Waals surface area contributed by atoms with Crippen LogP contribution in [0.1, 0.15) is 23.6 Å². The summed E-state index contributed by atoms with van der Waals surface area (Å²) in [5, 5.41) is 6.18. The molecule has 3 N–H and O–H groups in total. The second kappa shape index (κ2) is 9.39. The number of H-pyrrole nitrogens is 1. The van der Waals surface area contributed by atoms with Crippen molar-refractivity contribution in [3.8, 4) is 11.8 Å². The van der Waals surface area contributed by atoms with Gasteiger partial charge >= 0.3 is 6.18 Å². The molecular formula is C23H20F3N3O2. The molecule has 0 saturated carbocycles. The van der Waals surface area contributed by atoms with E-state index in [0.29, 0.717) is 0 Å². The van der Waals surface area contributed by atoms with Gasteiger partial charge in [-0.25, -0.2) is 0 Å². The summed E-state index contributed by atoms with van der Waals surface area (Å²) in [5.74, 6) is 4.46. The number of halogens is 3. The lowest BCUT2D eigenvalue weighted by atomic mass is 10.0. The maximum Gasteiger partial charge on any atom is 0.416 e. The van der Waals surface area contributed by atoms with E-state index in [1.807, 2.05) is 24.3 Å². The predicted molar refractivity (Wildman–Crippen MR) is 111 cm³/mol. The van der Waals surface area contributed by atoms with Gasteiger partial charge in [0.1, 0.15) is 6.04 Å². The van der Waals surface area contributed by atoms with Gasteiger partial charge in [-0.1, -0.05) is 36.1 Å². The number of hydrogen-bond acceptors (Lipinski definition) is 2. The van der Waals surface area contributed by atoms with E-state index in [4.69, 9.17) is 0 Å². The highest BCUT2D eigenvalue weighted by atomic mass is 19.4. The van der Waals surface area contributed by atoms with Crippen LogP contribution in [0.15, 0.2) is 54.7 Å². The van der Waals surface area contributed by atoms with Gasteiger partial charge in [-0.3, -0.25) is 9.59 Å². The normalized spacial score (nSPS) is 12.0. The fraction of sp³-hybridized carbons (Fsp3) is 0.217. The van der Waals surface area contributed by atoms with Crippen LogP contribution in [0.25, 0.3) is 10.9 Å². The number of rotatable bonds is 5. The van der Waals surface area contributed by atoms with E-state index in [9.17, 15) is 22.8 Å². The van der Waals surface area contributed by atoms with E-state index in [-0.39, 0.29) is 24.4 Å². The number of carbonyl (C=O) groups excluding carboxylic acids is 2. The Labute approximate surface area is 177 Å². The summed E-state index contributed by atoms with van der Waals surface area (Å²) < 4.78 is 38.3. The minimum Gasteiger partial charge on any atom is -0.361 e. The maximum atomic E-state index is 12.8. The van der Waals surface area contributed by atoms with Gasteiger partial charge in [0.05, 0.1) is 12.1 Å². The van der Waals surface area contributed by atoms with Crippen molar-refractivity contribution in [2.24, 2.45) is 0 Å². The Morgan fingerprint density at radius 1 is 1.13 bits per heavy atom. The second-order valence-electron chi connectivity index (χ2n) is 6.91. The average molecular weight is 427 g/mol. The molecule has 1 unspecified atom stereocenters. The minimum absolute atomic E-state index is 0.0704. The molecule has 0 aliphatic heterocycles. The molecule has 0 radical (unpaired) electrons. The van der Waals surface area contributed by atoms with Crippen molar-refractivity contribution in [3.63, 3.8) is 0 Å². The molecule has 160 valence electrons. The fourth-order valence-electron chi connectivity index (χ4n) is 3.15. The van der Waals surface area contributed by atoms with Crippen molar-refractivity contribution in [2.75, 3.05) is 6.54 Å². The number of aromatic amines is 1. The quantitative estimate of drug-likeness (QED) is 0.546.